The number of fused-ring (bicyclic) bond motifs is 1. The van der Waals surface area contributed by atoms with Crippen molar-refractivity contribution < 1.29 is 32.1 Å². The smallest absolute Gasteiger partial charge is 0.351 e. The van der Waals surface area contributed by atoms with Gasteiger partial charge in [-0.3, -0.25) is 15.3 Å². The van der Waals surface area contributed by atoms with E-state index in [1.54, 1.807) is 28.5 Å². The third-order valence-electron chi connectivity index (χ3n) is 3.59. The fourth-order valence-corrected chi connectivity index (χ4v) is 2.90. The van der Waals surface area contributed by atoms with E-state index in [9.17, 15) is 14.4 Å². The van der Waals surface area contributed by atoms with Crippen LogP contribution in [0.2, 0.25) is 0 Å². The summed E-state index contributed by atoms with van der Waals surface area (Å²) in [5.41, 5.74) is 0.987. The Bertz CT molecular complexity index is 766. The van der Waals surface area contributed by atoms with E-state index in [1.807, 2.05) is 0 Å². The molecule has 0 radical (unpaired) electrons. The fraction of sp³-hybridized carbons (Fsp3) is 0.385. The van der Waals surface area contributed by atoms with Gasteiger partial charge in [0.05, 0.1) is 6.61 Å². The summed E-state index contributed by atoms with van der Waals surface area (Å²) >= 11 is 1.65. The highest BCUT2D eigenvalue weighted by molar-refractivity contribution is 14.1. The summed E-state index contributed by atoms with van der Waals surface area (Å²) in [5.74, 6) is -1.57. The van der Waals surface area contributed by atoms with Gasteiger partial charge in [0.15, 0.2) is 24.3 Å². The minimum absolute atomic E-state index is 0.0330. The van der Waals surface area contributed by atoms with Crippen molar-refractivity contribution in [1.29, 1.82) is 0 Å². The first-order valence-electron chi connectivity index (χ1n) is 7.01. The number of nitrogens with one attached hydrogen (secondary N) is 1. The molecule has 0 amide bonds. The van der Waals surface area contributed by atoms with Crippen LogP contribution in [0.15, 0.2) is 29.2 Å². The van der Waals surface area contributed by atoms with E-state index in [4.69, 9.17) is 22.5 Å². The van der Waals surface area contributed by atoms with Crippen molar-refractivity contribution in [2.45, 2.75) is 24.5 Å². The summed E-state index contributed by atoms with van der Waals surface area (Å²) in [4.78, 5) is 39.3. The molecule has 12 heteroatoms. The maximum Gasteiger partial charge on any atom is 0.351 e. The molecule has 1 saturated heterocycles. The number of anilines is 1. The molecule has 0 saturated carbocycles. The summed E-state index contributed by atoms with van der Waals surface area (Å²) < 4.78 is 22.3. The Morgan fingerprint density at radius 1 is 1.24 bits per heavy atom. The highest BCUT2D eigenvalue weighted by Gasteiger charge is 2.51. The van der Waals surface area contributed by atoms with Gasteiger partial charge in [-0.2, -0.15) is 4.98 Å². The predicted molar refractivity (Wildman–Crippen MR) is 86.7 cm³/mol. The largest absolute Gasteiger partial charge is 0.452 e. The second-order valence-electron chi connectivity index (χ2n) is 5.09. The molecule has 4 atom stereocenters. The number of rotatable bonds is 4. The number of nitrogens with zero attached hydrogens (tertiary/aromatic N) is 2. The lowest BCUT2D eigenvalue weighted by Crippen LogP contribution is -2.42. The van der Waals surface area contributed by atoms with Gasteiger partial charge in [0.2, 0.25) is 0 Å². The number of ether oxygens (including phenoxy) is 3. The Morgan fingerprint density at radius 2 is 1.92 bits per heavy atom. The maximum atomic E-state index is 12.2. The average Bonchev–Trinajstić information content (AvgIpc) is 2.89. The van der Waals surface area contributed by atoms with Crippen molar-refractivity contribution in [1.82, 2.24) is 9.55 Å². The molecule has 134 valence electrons. The molecule has 1 aromatic heterocycles. The third-order valence-corrected chi connectivity index (χ3v) is 3.95. The van der Waals surface area contributed by atoms with E-state index < -0.39 is 42.2 Å². The van der Waals surface area contributed by atoms with Crippen molar-refractivity contribution in [3.8, 4) is 0 Å². The van der Waals surface area contributed by atoms with E-state index in [2.05, 4.69) is 4.98 Å². The van der Waals surface area contributed by atoms with Crippen LogP contribution in [0.4, 0.5) is 5.82 Å². The number of esters is 2. The van der Waals surface area contributed by atoms with Crippen LogP contribution in [-0.4, -0.2) is 51.6 Å². The van der Waals surface area contributed by atoms with Crippen LogP contribution >= 0.6 is 23.0 Å². The maximum absolute atomic E-state index is 12.2. The van der Waals surface area contributed by atoms with Crippen LogP contribution in [0.1, 0.15) is 6.23 Å². The zero-order chi connectivity index (χ0) is 18.0. The number of carbonyl (C=O) groups excluding carboxylic acids is 2. The highest BCUT2D eigenvalue weighted by atomic mass is 127. The van der Waals surface area contributed by atoms with E-state index >= 15 is 0 Å². The van der Waals surface area contributed by atoms with Crippen molar-refractivity contribution >= 4 is 40.8 Å². The minimum atomic E-state index is -1.09. The topological polar surface area (TPSA) is 138 Å². The standard InChI is InChI=1S/C13H12IN3O8/c14-22-5-6-10-11(25-9(19)2-1-8(18)24-10)12(23-6)17-4-3-7(16-21)15-13(17)20/h1-4,6,10-12,21H,5H2,(H,15,16,20)/b2-1-/t6-,10-,11-,12-/m1/s1. The molecule has 0 aromatic carbocycles. The Hall–Kier alpha value is -2.03. The van der Waals surface area contributed by atoms with Gasteiger partial charge in [0.25, 0.3) is 0 Å². The molecule has 2 N–H and O–H groups in total. The summed E-state index contributed by atoms with van der Waals surface area (Å²) in [7, 11) is 0. The summed E-state index contributed by atoms with van der Waals surface area (Å²) in [6, 6.07) is 1.32. The first-order valence-corrected chi connectivity index (χ1v) is 7.89. The van der Waals surface area contributed by atoms with Crippen molar-refractivity contribution in [2.75, 3.05) is 12.1 Å². The van der Waals surface area contributed by atoms with Gasteiger partial charge >= 0.3 is 17.6 Å². The van der Waals surface area contributed by atoms with Gasteiger partial charge < -0.3 is 17.3 Å². The number of carbonyl (C=O) groups is 2. The lowest BCUT2D eigenvalue weighted by molar-refractivity contribution is -0.164. The molecule has 11 nitrogen and oxygen atoms in total. The quantitative estimate of drug-likeness (QED) is 0.346. The Morgan fingerprint density at radius 3 is 2.52 bits per heavy atom. The number of halogens is 1. The molecule has 1 aromatic rings. The molecule has 25 heavy (non-hydrogen) atoms. The Kier molecular flexibility index (Phi) is 5.31. The minimum Gasteiger partial charge on any atom is -0.452 e. The van der Waals surface area contributed by atoms with E-state index in [0.717, 1.165) is 16.7 Å². The van der Waals surface area contributed by atoms with Gasteiger partial charge in [-0.15, -0.1) is 0 Å². The zero-order valence-corrected chi connectivity index (χ0v) is 14.6. The molecule has 2 aliphatic heterocycles. The van der Waals surface area contributed by atoms with Gasteiger partial charge in [0.1, 0.15) is 29.1 Å². The van der Waals surface area contributed by atoms with Gasteiger partial charge in [0, 0.05) is 18.3 Å². The van der Waals surface area contributed by atoms with Crippen molar-refractivity contribution in [3.05, 3.63) is 34.9 Å². The van der Waals surface area contributed by atoms with Gasteiger partial charge in [-0.05, 0) is 6.07 Å². The molecular weight excluding hydrogens is 453 g/mol. The summed E-state index contributed by atoms with van der Waals surface area (Å²) in [6.07, 6.45) is -0.724. The van der Waals surface area contributed by atoms with Crippen LogP contribution < -0.4 is 11.2 Å². The van der Waals surface area contributed by atoms with Gasteiger partial charge in [-0.1, -0.05) is 0 Å². The molecular formula is C13H12IN3O8. The van der Waals surface area contributed by atoms with Crippen LogP contribution in [0.5, 0.6) is 0 Å². The van der Waals surface area contributed by atoms with Crippen molar-refractivity contribution in [3.63, 3.8) is 0 Å². The highest BCUT2D eigenvalue weighted by Crippen LogP contribution is 2.34. The molecule has 1 fully saturated rings. The molecule has 0 bridgehead atoms. The second-order valence-corrected chi connectivity index (χ2v) is 5.71. The van der Waals surface area contributed by atoms with E-state index in [-0.39, 0.29) is 12.4 Å². The van der Waals surface area contributed by atoms with Crippen LogP contribution in [0.3, 0.4) is 0 Å². The average molecular weight is 465 g/mol. The second kappa shape index (κ2) is 7.47. The summed E-state index contributed by atoms with van der Waals surface area (Å²) in [6.45, 7) is 0.0330. The van der Waals surface area contributed by atoms with Crippen LogP contribution in [0, 0.1) is 0 Å². The number of aromatic nitrogens is 2. The normalized spacial score (nSPS) is 29.8. The zero-order valence-electron chi connectivity index (χ0n) is 12.4. The van der Waals surface area contributed by atoms with Crippen LogP contribution in [0.25, 0.3) is 0 Å². The van der Waals surface area contributed by atoms with Gasteiger partial charge in [-0.25, -0.2) is 14.4 Å². The first-order chi connectivity index (χ1) is 12.0. The lowest BCUT2D eigenvalue weighted by Gasteiger charge is -2.25. The SMILES string of the molecule is O=C1/C=C\C(=O)O[C@H]2[C@@H](O1)[C@H](n1ccc(NO)nc1=O)O[C@@H]2COI. The molecule has 3 rings (SSSR count). The van der Waals surface area contributed by atoms with E-state index in [0.29, 0.717) is 0 Å². The van der Waals surface area contributed by atoms with Crippen molar-refractivity contribution in [2.24, 2.45) is 0 Å². The Labute approximate surface area is 154 Å². The predicted octanol–water partition coefficient (Wildman–Crippen LogP) is -0.298. The lowest BCUT2D eigenvalue weighted by atomic mass is 10.1. The monoisotopic (exact) mass is 465 g/mol. The summed E-state index contributed by atoms with van der Waals surface area (Å²) in [5, 5.41) is 8.81. The fourth-order valence-electron chi connectivity index (χ4n) is 2.55. The van der Waals surface area contributed by atoms with Crippen LogP contribution in [-0.2, 0) is 26.9 Å². The first kappa shape index (κ1) is 17.8. The molecule has 0 unspecified atom stereocenters. The molecule has 3 heterocycles. The molecule has 0 aliphatic carbocycles. The van der Waals surface area contributed by atoms with E-state index in [1.165, 1.54) is 12.3 Å². The number of hydrogen-bond donors (Lipinski definition) is 2. The Balaban J connectivity index is 1.99. The number of hydrogen-bond acceptors (Lipinski definition) is 10. The molecule has 2 aliphatic rings. The molecule has 0 spiro atoms. The third kappa shape index (κ3) is 3.65.